The number of nitrogens with one attached hydrogen (secondary N) is 1. The first-order chi connectivity index (χ1) is 10.2. The van der Waals surface area contributed by atoms with Crippen molar-refractivity contribution in [3.63, 3.8) is 0 Å². The summed E-state index contributed by atoms with van der Waals surface area (Å²) in [7, 11) is 1.80. The quantitative estimate of drug-likeness (QED) is 0.800. The number of hydrogen-bond acceptors (Lipinski definition) is 4. The highest BCUT2D eigenvalue weighted by molar-refractivity contribution is 5.16. The van der Waals surface area contributed by atoms with E-state index in [2.05, 4.69) is 30.1 Å². The van der Waals surface area contributed by atoms with Crippen molar-refractivity contribution in [1.82, 2.24) is 10.2 Å². The van der Waals surface area contributed by atoms with E-state index in [1.807, 2.05) is 6.26 Å². The predicted molar refractivity (Wildman–Crippen MR) is 85.1 cm³/mol. The van der Waals surface area contributed by atoms with E-state index in [1.54, 1.807) is 7.11 Å². The lowest BCUT2D eigenvalue weighted by molar-refractivity contribution is 0.0937. The molecule has 0 atom stereocenters. The molecule has 1 fully saturated rings. The minimum absolute atomic E-state index is 0.681. The van der Waals surface area contributed by atoms with Gasteiger partial charge in [0.25, 0.3) is 0 Å². The van der Waals surface area contributed by atoms with Crippen molar-refractivity contribution in [2.24, 2.45) is 11.8 Å². The van der Waals surface area contributed by atoms with Crippen LogP contribution in [-0.2, 0) is 17.8 Å². The Balaban J connectivity index is 1.77. The lowest BCUT2D eigenvalue weighted by Crippen LogP contribution is -2.34. The van der Waals surface area contributed by atoms with E-state index in [0.29, 0.717) is 5.92 Å². The Bertz CT molecular complexity index is 395. The second kappa shape index (κ2) is 8.57. The zero-order valence-electron chi connectivity index (χ0n) is 13.7. The number of ether oxygens (including phenoxy) is 1. The molecule has 0 saturated carbocycles. The number of piperidine rings is 1. The third-order valence-corrected chi connectivity index (χ3v) is 4.18. The summed E-state index contributed by atoms with van der Waals surface area (Å²) in [6.07, 6.45) is 4.28. The molecule has 0 spiro atoms. The Morgan fingerprint density at radius 2 is 2.14 bits per heavy atom. The van der Waals surface area contributed by atoms with Gasteiger partial charge in [0.2, 0.25) is 0 Å². The molecule has 0 unspecified atom stereocenters. The predicted octanol–water partition coefficient (Wildman–Crippen LogP) is 2.88. The fourth-order valence-corrected chi connectivity index (χ4v) is 2.91. The van der Waals surface area contributed by atoms with Gasteiger partial charge in [0.05, 0.1) is 12.8 Å². The molecule has 0 aliphatic carbocycles. The third-order valence-electron chi connectivity index (χ3n) is 4.18. The molecular weight excluding hydrogens is 264 g/mol. The number of hydrogen-bond donors (Lipinski definition) is 1. The van der Waals surface area contributed by atoms with Gasteiger partial charge in [-0.05, 0) is 50.4 Å². The van der Waals surface area contributed by atoms with Crippen LogP contribution in [0.5, 0.6) is 0 Å². The van der Waals surface area contributed by atoms with Crippen LogP contribution in [0.25, 0.3) is 0 Å². The summed E-state index contributed by atoms with van der Waals surface area (Å²) in [4.78, 5) is 2.50. The van der Waals surface area contributed by atoms with Crippen LogP contribution in [-0.4, -0.2) is 38.3 Å². The summed E-state index contributed by atoms with van der Waals surface area (Å²) in [5.74, 6) is 2.53. The van der Waals surface area contributed by atoms with E-state index in [1.165, 1.54) is 18.4 Å². The first-order valence-electron chi connectivity index (χ1n) is 8.16. The first-order valence-corrected chi connectivity index (χ1v) is 8.16. The monoisotopic (exact) mass is 294 g/mol. The number of nitrogens with zero attached hydrogens (tertiary/aromatic N) is 1. The van der Waals surface area contributed by atoms with Gasteiger partial charge in [-0.1, -0.05) is 13.8 Å². The average Bonchev–Trinajstić information content (AvgIpc) is 2.88. The van der Waals surface area contributed by atoms with Gasteiger partial charge >= 0.3 is 0 Å². The molecule has 1 saturated heterocycles. The maximum absolute atomic E-state index is 5.69. The number of likely N-dealkylation sites (tertiary alicyclic amines) is 1. The van der Waals surface area contributed by atoms with Gasteiger partial charge in [-0.3, -0.25) is 4.90 Å². The van der Waals surface area contributed by atoms with E-state index >= 15 is 0 Å². The van der Waals surface area contributed by atoms with Gasteiger partial charge in [0.1, 0.15) is 5.76 Å². The highest BCUT2D eigenvalue weighted by Gasteiger charge is 2.20. The van der Waals surface area contributed by atoms with Gasteiger partial charge in [-0.25, -0.2) is 0 Å². The molecule has 1 N–H and O–H groups in total. The minimum atomic E-state index is 0.681. The van der Waals surface area contributed by atoms with Crippen LogP contribution in [0, 0.1) is 11.8 Å². The Kier molecular flexibility index (Phi) is 6.74. The second-order valence-electron chi connectivity index (χ2n) is 6.57. The molecule has 120 valence electrons. The third kappa shape index (κ3) is 5.46. The van der Waals surface area contributed by atoms with Crippen LogP contribution in [0.2, 0.25) is 0 Å². The minimum Gasteiger partial charge on any atom is -0.468 e. The van der Waals surface area contributed by atoms with Crippen molar-refractivity contribution in [3.05, 3.63) is 23.7 Å². The Hall–Kier alpha value is -0.840. The van der Waals surface area contributed by atoms with Gasteiger partial charge in [-0.2, -0.15) is 0 Å². The van der Waals surface area contributed by atoms with Crippen molar-refractivity contribution in [3.8, 4) is 0 Å². The summed E-state index contributed by atoms with van der Waals surface area (Å²) >= 11 is 0. The van der Waals surface area contributed by atoms with E-state index < -0.39 is 0 Å². The molecule has 2 rings (SSSR count). The maximum Gasteiger partial charge on any atom is 0.122 e. The van der Waals surface area contributed by atoms with Crippen LogP contribution in [0.3, 0.4) is 0 Å². The zero-order chi connectivity index (χ0) is 15.1. The van der Waals surface area contributed by atoms with E-state index in [-0.39, 0.29) is 0 Å². The maximum atomic E-state index is 5.69. The molecule has 1 aliphatic heterocycles. The van der Waals surface area contributed by atoms with E-state index in [0.717, 1.165) is 51.0 Å². The van der Waals surface area contributed by atoms with Crippen LogP contribution < -0.4 is 5.32 Å². The normalized spacial score (nSPS) is 17.7. The number of methoxy groups -OCH3 is 1. The summed E-state index contributed by atoms with van der Waals surface area (Å²) < 4.78 is 11.0. The van der Waals surface area contributed by atoms with Crippen molar-refractivity contribution < 1.29 is 9.15 Å². The molecule has 0 radical (unpaired) electrons. The fraction of sp³-hybridized carbons (Fsp3) is 0.765. The van der Waals surface area contributed by atoms with Crippen molar-refractivity contribution in [2.75, 3.05) is 33.4 Å². The summed E-state index contributed by atoms with van der Waals surface area (Å²) in [6.45, 7) is 10.5. The van der Waals surface area contributed by atoms with Crippen LogP contribution >= 0.6 is 0 Å². The molecule has 1 aromatic rings. The molecule has 4 nitrogen and oxygen atoms in total. The van der Waals surface area contributed by atoms with Crippen LogP contribution in [0.1, 0.15) is 38.0 Å². The van der Waals surface area contributed by atoms with Gasteiger partial charge in [0.15, 0.2) is 0 Å². The van der Waals surface area contributed by atoms with Crippen molar-refractivity contribution in [1.29, 1.82) is 0 Å². The lowest BCUT2D eigenvalue weighted by atomic mass is 9.97. The molecule has 1 aliphatic rings. The molecule has 4 heteroatoms. The molecular formula is C17H30N2O2. The Morgan fingerprint density at radius 1 is 1.38 bits per heavy atom. The Labute approximate surface area is 128 Å². The van der Waals surface area contributed by atoms with Gasteiger partial charge < -0.3 is 14.5 Å². The Morgan fingerprint density at radius 3 is 2.81 bits per heavy atom. The molecule has 21 heavy (non-hydrogen) atoms. The number of rotatable bonds is 8. The first kappa shape index (κ1) is 16.5. The summed E-state index contributed by atoms with van der Waals surface area (Å²) in [5.41, 5.74) is 1.30. The molecule has 0 bridgehead atoms. The molecule has 1 aromatic heterocycles. The fourth-order valence-electron chi connectivity index (χ4n) is 2.91. The molecule has 2 heterocycles. The largest absolute Gasteiger partial charge is 0.468 e. The average molecular weight is 294 g/mol. The smallest absolute Gasteiger partial charge is 0.122 e. The van der Waals surface area contributed by atoms with Crippen molar-refractivity contribution in [2.45, 2.75) is 39.8 Å². The van der Waals surface area contributed by atoms with Crippen molar-refractivity contribution >= 4 is 0 Å². The second-order valence-corrected chi connectivity index (χ2v) is 6.57. The lowest BCUT2D eigenvalue weighted by Gasteiger charge is -2.31. The van der Waals surface area contributed by atoms with Gasteiger partial charge in [0, 0.05) is 25.8 Å². The zero-order valence-corrected chi connectivity index (χ0v) is 13.7. The standard InChI is InChI=1S/C17H30N2O2/c1-14(2)10-18-11-16-6-9-21-17(16)12-19-7-4-15(5-8-19)13-20-3/h6,9,14-15,18H,4-5,7-8,10-13H2,1-3H3. The summed E-state index contributed by atoms with van der Waals surface area (Å²) in [5, 5.41) is 3.49. The topological polar surface area (TPSA) is 37.6 Å². The SMILES string of the molecule is COCC1CCN(Cc2occc2CNCC(C)C)CC1. The van der Waals surface area contributed by atoms with Crippen LogP contribution in [0.15, 0.2) is 16.7 Å². The van der Waals surface area contributed by atoms with E-state index in [9.17, 15) is 0 Å². The summed E-state index contributed by atoms with van der Waals surface area (Å²) in [6, 6.07) is 2.10. The number of furan rings is 1. The molecule has 0 amide bonds. The van der Waals surface area contributed by atoms with Gasteiger partial charge in [-0.15, -0.1) is 0 Å². The molecule has 0 aromatic carbocycles. The van der Waals surface area contributed by atoms with Crippen LogP contribution in [0.4, 0.5) is 0 Å². The van der Waals surface area contributed by atoms with E-state index in [4.69, 9.17) is 9.15 Å². The highest BCUT2D eigenvalue weighted by atomic mass is 16.5. The highest BCUT2D eigenvalue weighted by Crippen LogP contribution is 2.21.